The number of aliphatic hydroxyl groups excluding tert-OH is 1. The molecule has 8 heteroatoms. The second-order valence-corrected chi connectivity index (χ2v) is 12.7. The van der Waals surface area contributed by atoms with Crippen LogP contribution in [-0.4, -0.2) is 76.1 Å². The summed E-state index contributed by atoms with van der Waals surface area (Å²) in [6, 6.07) is 13.3. The number of aliphatic hydroxyl groups is 1. The summed E-state index contributed by atoms with van der Waals surface area (Å²) in [5, 5.41) is 10.9. The quantitative estimate of drug-likeness (QED) is 0.316. The zero-order valence-electron chi connectivity index (χ0n) is 27.1. The van der Waals surface area contributed by atoms with E-state index in [1.807, 2.05) is 76.2 Å². The molecule has 3 heterocycles. The van der Waals surface area contributed by atoms with Crippen molar-refractivity contribution in [2.45, 2.75) is 76.7 Å². The molecule has 45 heavy (non-hydrogen) atoms. The van der Waals surface area contributed by atoms with Gasteiger partial charge in [-0.25, -0.2) is 0 Å². The van der Waals surface area contributed by atoms with Crippen LogP contribution in [0.3, 0.4) is 0 Å². The molecule has 8 nitrogen and oxygen atoms in total. The molecule has 2 bridgehead atoms. The Labute approximate surface area is 267 Å². The number of fused-ring (bicyclic) bond motifs is 1. The second kappa shape index (κ2) is 12.9. The van der Waals surface area contributed by atoms with Crippen LogP contribution in [0.15, 0.2) is 73.8 Å². The van der Waals surface area contributed by atoms with Gasteiger partial charge >= 0.3 is 0 Å². The topological polar surface area (TPSA) is 90.4 Å². The van der Waals surface area contributed by atoms with Crippen LogP contribution in [-0.2, 0) is 19.1 Å². The minimum absolute atomic E-state index is 0.135. The van der Waals surface area contributed by atoms with Gasteiger partial charge in [-0.2, -0.15) is 0 Å². The number of hydrogen-bond acceptors (Lipinski definition) is 5. The van der Waals surface area contributed by atoms with Crippen LogP contribution in [0.4, 0.5) is 5.69 Å². The minimum atomic E-state index is -1.23. The molecular formula is C37H47N3O5. The number of para-hydroxylation sites is 1. The van der Waals surface area contributed by atoms with Crippen molar-refractivity contribution < 1.29 is 24.2 Å². The highest BCUT2D eigenvalue weighted by Gasteiger charge is 2.79. The monoisotopic (exact) mass is 613 g/mol. The maximum absolute atomic E-state index is 15.2. The molecule has 3 fully saturated rings. The predicted octanol–water partition coefficient (Wildman–Crippen LogP) is 5.14. The number of ether oxygens (including phenoxy) is 1. The van der Waals surface area contributed by atoms with Gasteiger partial charge in [0.15, 0.2) is 0 Å². The number of nitrogens with zero attached hydrogens (tertiary/aromatic N) is 3. The van der Waals surface area contributed by atoms with Crippen molar-refractivity contribution in [2.24, 2.45) is 11.8 Å². The van der Waals surface area contributed by atoms with Crippen LogP contribution >= 0.6 is 0 Å². The fourth-order valence-electron chi connectivity index (χ4n) is 8.39. The lowest BCUT2D eigenvalue weighted by Gasteiger charge is -2.40. The average molecular weight is 614 g/mol. The van der Waals surface area contributed by atoms with E-state index in [9.17, 15) is 14.7 Å². The number of amides is 3. The lowest BCUT2D eigenvalue weighted by Crippen LogP contribution is -2.57. The second-order valence-electron chi connectivity index (χ2n) is 12.7. The van der Waals surface area contributed by atoms with Crippen LogP contribution in [0.2, 0.25) is 0 Å². The summed E-state index contributed by atoms with van der Waals surface area (Å²) in [4.78, 5) is 49.7. The fraction of sp³-hybridized carbons (Fsp3) is 0.486. The number of rotatable bonds is 13. The summed E-state index contributed by atoms with van der Waals surface area (Å²) in [6.45, 7) is 16.5. The first-order valence-electron chi connectivity index (χ1n) is 16.2. The Hall–Kier alpha value is -3.75. The molecule has 6 atom stereocenters. The fourth-order valence-corrected chi connectivity index (χ4v) is 8.39. The highest BCUT2D eigenvalue weighted by atomic mass is 16.5. The van der Waals surface area contributed by atoms with Crippen molar-refractivity contribution in [3.8, 4) is 0 Å². The van der Waals surface area contributed by atoms with Crippen LogP contribution in [0, 0.1) is 25.7 Å². The summed E-state index contributed by atoms with van der Waals surface area (Å²) in [5.74, 6) is -2.37. The first-order chi connectivity index (χ1) is 21.7. The minimum Gasteiger partial charge on any atom is -0.394 e. The van der Waals surface area contributed by atoms with Gasteiger partial charge in [-0.1, -0.05) is 74.5 Å². The Kier molecular flexibility index (Phi) is 9.38. The van der Waals surface area contributed by atoms with Gasteiger partial charge in [0.25, 0.3) is 5.91 Å². The Morgan fingerprint density at radius 2 is 1.69 bits per heavy atom. The van der Waals surface area contributed by atoms with Gasteiger partial charge in [-0.15, -0.1) is 13.2 Å². The van der Waals surface area contributed by atoms with E-state index in [1.54, 1.807) is 26.9 Å². The zero-order chi connectivity index (χ0) is 32.5. The highest BCUT2D eigenvalue weighted by Crippen LogP contribution is 2.65. The molecule has 3 saturated heterocycles. The third-order valence-electron chi connectivity index (χ3n) is 10.3. The molecule has 5 rings (SSSR count). The van der Waals surface area contributed by atoms with Crippen molar-refractivity contribution in [2.75, 3.05) is 31.1 Å². The van der Waals surface area contributed by atoms with Crippen LogP contribution in [0.5, 0.6) is 0 Å². The maximum atomic E-state index is 15.2. The smallest absolute Gasteiger partial charge is 0.253 e. The van der Waals surface area contributed by atoms with Crippen molar-refractivity contribution in [3.05, 3.63) is 90.5 Å². The number of aryl methyl sites for hydroxylation is 2. The Morgan fingerprint density at radius 1 is 1.02 bits per heavy atom. The van der Waals surface area contributed by atoms with Crippen molar-refractivity contribution in [3.63, 3.8) is 0 Å². The van der Waals surface area contributed by atoms with E-state index in [0.717, 1.165) is 23.2 Å². The standard InChI is InChI=1S/C37H47N3O5/c1-7-21-38(22-8-2)33(42)29-30-34(43)40(28(24-41)27-17-12-11-13-18-27)32(37(30)20-19-36(29,10-4)45-37)35(44)39(23-9-3)31-25(5)15-14-16-26(31)6/h7,9,11-18,28-30,32,41H,1,3,8,10,19-24H2,2,4-6H3/t28-,29+,30+,32?,36-,37?/m1/s1. The predicted molar refractivity (Wildman–Crippen MR) is 175 cm³/mol. The number of carbonyl (C=O) groups excluding carboxylic acids is 3. The molecule has 2 aromatic rings. The summed E-state index contributed by atoms with van der Waals surface area (Å²) in [7, 11) is 0. The van der Waals surface area contributed by atoms with Crippen LogP contribution in [0.1, 0.15) is 62.3 Å². The third kappa shape index (κ3) is 5.12. The number of benzene rings is 2. The van der Waals surface area contributed by atoms with E-state index in [2.05, 4.69) is 13.2 Å². The summed E-state index contributed by atoms with van der Waals surface area (Å²) < 4.78 is 7.06. The van der Waals surface area contributed by atoms with E-state index in [4.69, 9.17) is 4.74 Å². The molecule has 2 unspecified atom stereocenters. The van der Waals surface area contributed by atoms with E-state index in [-0.39, 0.29) is 30.9 Å². The molecular weight excluding hydrogens is 566 g/mol. The van der Waals surface area contributed by atoms with Crippen molar-refractivity contribution in [1.29, 1.82) is 0 Å². The normalized spacial score (nSPS) is 27.3. The van der Waals surface area contributed by atoms with E-state index < -0.39 is 35.1 Å². The zero-order valence-corrected chi connectivity index (χ0v) is 27.1. The van der Waals surface area contributed by atoms with Gasteiger partial charge in [-0.3, -0.25) is 14.4 Å². The van der Waals surface area contributed by atoms with E-state index in [1.165, 1.54) is 0 Å². The summed E-state index contributed by atoms with van der Waals surface area (Å²) >= 11 is 0. The van der Waals surface area contributed by atoms with E-state index >= 15 is 4.79 Å². The van der Waals surface area contributed by atoms with Crippen LogP contribution in [0.25, 0.3) is 0 Å². The number of hydrogen-bond donors (Lipinski definition) is 1. The molecule has 0 radical (unpaired) electrons. The number of likely N-dealkylation sites (tertiary alicyclic amines) is 1. The maximum Gasteiger partial charge on any atom is 0.253 e. The molecule has 1 N–H and O–H groups in total. The Morgan fingerprint density at radius 3 is 2.27 bits per heavy atom. The molecule has 3 aliphatic rings. The van der Waals surface area contributed by atoms with Gasteiger partial charge in [0.1, 0.15) is 11.6 Å². The molecule has 3 aliphatic heterocycles. The van der Waals surface area contributed by atoms with Gasteiger partial charge < -0.3 is 24.5 Å². The molecule has 3 amide bonds. The molecule has 0 aromatic heterocycles. The largest absolute Gasteiger partial charge is 0.394 e. The highest BCUT2D eigenvalue weighted by molar-refractivity contribution is 6.06. The van der Waals surface area contributed by atoms with Gasteiger partial charge in [0.2, 0.25) is 11.8 Å². The molecule has 2 aromatic carbocycles. The van der Waals surface area contributed by atoms with Gasteiger partial charge in [0.05, 0.1) is 30.1 Å². The Bertz CT molecular complexity index is 1440. The average Bonchev–Trinajstić information content (AvgIpc) is 3.64. The summed E-state index contributed by atoms with van der Waals surface area (Å²) in [6.07, 6.45) is 5.72. The lowest BCUT2D eigenvalue weighted by molar-refractivity contribution is -0.153. The molecule has 0 saturated carbocycles. The van der Waals surface area contributed by atoms with Gasteiger partial charge in [-0.05, 0) is 56.2 Å². The van der Waals surface area contributed by atoms with Crippen molar-refractivity contribution >= 4 is 23.4 Å². The lowest BCUT2D eigenvalue weighted by atomic mass is 9.64. The third-order valence-corrected chi connectivity index (χ3v) is 10.3. The molecule has 240 valence electrons. The summed E-state index contributed by atoms with van der Waals surface area (Å²) in [5.41, 5.74) is 1.23. The first kappa shape index (κ1) is 32.6. The van der Waals surface area contributed by atoms with Crippen molar-refractivity contribution in [1.82, 2.24) is 9.80 Å². The number of carbonyl (C=O) groups is 3. The molecule has 1 spiro atoms. The first-order valence-corrected chi connectivity index (χ1v) is 16.2. The SMILES string of the molecule is C=CCN(CCC)C(=O)[C@@H]1[C@H]2C(=O)N([C@H](CO)c3ccccc3)C(C(=O)N(CC=C)c3c(C)cccc3C)C23CC[C@@]1(CC)O3. The van der Waals surface area contributed by atoms with Crippen LogP contribution < -0.4 is 4.90 Å². The molecule has 0 aliphatic carbocycles. The Balaban J connectivity index is 1.71. The van der Waals surface area contributed by atoms with Gasteiger partial charge in [0, 0.05) is 25.3 Å². The van der Waals surface area contributed by atoms with E-state index in [0.29, 0.717) is 37.9 Å². The number of anilines is 1.